The molecular formula is C15H14N4OS. The van der Waals surface area contributed by atoms with E-state index in [1.54, 1.807) is 7.05 Å². The molecule has 0 spiro atoms. The summed E-state index contributed by atoms with van der Waals surface area (Å²) in [4.78, 5) is 0. The number of anilines is 1. The Balaban J connectivity index is 1.95. The molecule has 3 rings (SSSR count). The Labute approximate surface area is 126 Å². The lowest BCUT2D eigenvalue weighted by Crippen LogP contribution is -2.24. The monoisotopic (exact) mass is 298 g/mol. The van der Waals surface area contributed by atoms with Gasteiger partial charge in [-0.25, -0.2) is 5.84 Å². The van der Waals surface area contributed by atoms with E-state index in [1.807, 2.05) is 54.6 Å². The zero-order chi connectivity index (χ0) is 14.7. The van der Waals surface area contributed by atoms with E-state index in [0.717, 1.165) is 22.1 Å². The fourth-order valence-corrected chi connectivity index (χ4v) is 2.57. The SMILES string of the molecule is CN(N)c1nnc(-c2ccccc2Oc2ccccc2)s1. The summed E-state index contributed by atoms with van der Waals surface area (Å²) >= 11 is 1.42. The first kappa shape index (κ1) is 13.5. The van der Waals surface area contributed by atoms with Gasteiger partial charge in [0, 0.05) is 7.05 Å². The summed E-state index contributed by atoms with van der Waals surface area (Å²) in [6, 6.07) is 17.4. The van der Waals surface area contributed by atoms with Crippen LogP contribution in [-0.2, 0) is 0 Å². The first-order valence-electron chi connectivity index (χ1n) is 6.38. The second-order valence-electron chi connectivity index (χ2n) is 4.41. The lowest BCUT2D eigenvalue weighted by Gasteiger charge is -2.09. The molecule has 6 heteroatoms. The summed E-state index contributed by atoms with van der Waals surface area (Å²) < 4.78 is 5.93. The molecule has 0 atom stereocenters. The van der Waals surface area contributed by atoms with Gasteiger partial charge in [0.05, 0.1) is 5.56 Å². The van der Waals surface area contributed by atoms with Crippen molar-refractivity contribution in [1.29, 1.82) is 0 Å². The average molecular weight is 298 g/mol. The standard InChI is InChI=1S/C15H14N4OS/c1-19(16)15-18-17-14(21-15)12-9-5-6-10-13(12)20-11-7-3-2-4-8-11/h2-10H,16H2,1H3. The molecule has 1 aromatic heterocycles. The van der Waals surface area contributed by atoms with Crippen LogP contribution < -0.4 is 15.6 Å². The summed E-state index contributed by atoms with van der Waals surface area (Å²) in [5, 5.41) is 11.1. The summed E-state index contributed by atoms with van der Waals surface area (Å²) in [7, 11) is 1.73. The second kappa shape index (κ2) is 5.90. The maximum atomic E-state index is 5.93. The number of para-hydroxylation sites is 2. The third-order valence-corrected chi connectivity index (χ3v) is 3.85. The molecule has 0 fully saturated rings. The molecule has 3 aromatic rings. The normalized spacial score (nSPS) is 10.4. The van der Waals surface area contributed by atoms with Crippen LogP contribution in [0.2, 0.25) is 0 Å². The zero-order valence-corrected chi connectivity index (χ0v) is 12.2. The van der Waals surface area contributed by atoms with Crippen LogP contribution in [0.4, 0.5) is 5.13 Å². The molecule has 106 valence electrons. The number of hydrazine groups is 1. The molecule has 0 aliphatic carbocycles. The maximum Gasteiger partial charge on any atom is 0.222 e. The van der Waals surface area contributed by atoms with Gasteiger partial charge in [0.15, 0.2) is 5.01 Å². The first-order chi connectivity index (χ1) is 10.2. The molecule has 2 aromatic carbocycles. The van der Waals surface area contributed by atoms with Crippen molar-refractivity contribution in [2.75, 3.05) is 12.1 Å². The minimum atomic E-state index is 0.652. The molecule has 0 saturated carbocycles. The van der Waals surface area contributed by atoms with E-state index in [9.17, 15) is 0 Å². The number of rotatable bonds is 4. The predicted octanol–water partition coefficient (Wildman–Crippen LogP) is 3.31. The van der Waals surface area contributed by atoms with Crippen molar-refractivity contribution in [2.24, 2.45) is 5.84 Å². The lowest BCUT2D eigenvalue weighted by atomic mass is 10.2. The van der Waals surface area contributed by atoms with Gasteiger partial charge >= 0.3 is 0 Å². The third-order valence-electron chi connectivity index (χ3n) is 2.80. The Hall–Kier alpha value is -2.44. The molecule has 0 bridgehead atoms. The number of aromatic nitrogens is 2. The fraction of sp³-hybridized carbons (Fsp3) is 0.0667. The van der Waals surface area contributed by atoms with Crippen LogP contribution in [0.1, 0.15) is 0 Å². The molecule has 5 nitrogen and oxygen atoms in total. The Kier molecular flexibility index (Phi) is 3.81. The van der Waals surface area contributed by atoms with Gasteiger partial charge in [-0.1, -0.05) is 41.7 Å². The fourth-order valence-electron chi connectivity index (χ4n) is 1.81. The van der Waals surface area contributed by atoms with Gasteiger partial charge in [0.1, 0.15) is 11.5 Å². The van der Waals surface area contributed by atoms with Gasteiger partial charge in [0.2, 0.25) is 5.13 Å². The molecule has 21 heavy (non-hydrogen) atoms. The Morgan fingerprint density at radius 1 is 1.00 bits per heavy atom. The van der Waals surface area contributed by atoms with Crippen LogP contribution in [0, 0.1) is 0 Å². The molecule has 1 heterocycles. The summed E-state index contributed by atoms with van der Waals surface area (Å²) in [6.07, 6.45) is 0. The topological polar surface area (TPSA) is 64.3 Å². The van der Waals surface area contributed by atoms with Crippen LogP contribution in [0.3, 0.4) is 0 Å². The molecule has 0 unspecified atom stereocenters. The van der Waals surface area contributed by atoms with E-state index in [-0.39, 0.29) is 0 Å². The molecule has 0 radical (unpaired) electrons. The third kappa shape index (κ3) is 3.01. The van der Waals surface area contributed by atoms with E-state index in [0.29, 0.717) is 5.13 Å². The van der Waals surface area contributed by atoms with Crippen LogP contribution in [0.5, 0.6) is 11.5 Å². The molecule has 0 aliphatic rings. The summed E-state index contributed by atoms with van der Waals surface area (Å²) in [6.45, 7) is 0. The van der Waals surface area contributed by atoms with Crippen molar-refractivity contribution in [2.45, 2.75) is 0 Å². The highest BCUT2D eigenvalue weighted by atomic mass is 32.1. The van der Waals surface area contributed by atoms with Gasteiger partial charge in [-0.3, -0.25) is 5.01 Å². The van der Waals surface area contributed by atoms with Crippen molar-refractivity contribution in [3.63, 3.8) is 0 Å². The van der Waals surface area contributed by atoms with Gasteiger partial charge in [-0.15, -0.1) is 10.2 Å². The quantitative estimate of drug-likeness (QED) is 0.591. The number of hydrogen-bond acceptors (Lipinski definition) is 6. The number of benzene rings is 2. The molecule has 0 aliphatic heterocycles. The largest absolute Gasteiger partial charge is 0.457 e. The average Bonchev–Trinajstić information content (AvgIpc) is 2.99. The Morgan fingerprint density at radius 2 is 1.71 bits per heavy atom. The molecule has 2 N–H and O–H groups in total. The van der Waals surface area contributed by atoms with Gasteiger partial charge < -0.3 is 4.74 Å². The summed E-state index contributed by atoms with van der Waals surface area (Å²) in [5.41, 5.74) is 0.895. The van der Waals surface area contributed by atoms with Crippen molar-refractivity contribution >= 4 is 16.5 Å². The molecule has 0 saturated heterocycles. The Bertz CT molecular complexity index is 727. The van der Waals surface area contributed by atoms with E-state index < -0.39 is 0 Å². The highest BCUT2D eigenvalue weighted by Gasteiger charge is 2.13. The van der Waals surface area contributed by atoms with Gasteiger partial charge in [0.25, 0.3) is 0 Å². The van der Waals surface area contributed by atoms with E-state index in [4.69, 9.17) is 10.6 Å². The van der Waals surface area contributed by atoms with Crippen LogP contribution >= 0.6 is 11.3 Å². The smallest absolute Gasteiger partial charge is 0.222 e. The zero-order valence-electron chi connectivity index (χ0n) is 11.4. The first-order valence-corrected chi connectivity index (χ1v) is 7.20. The highest BCUT2D eigenvalue weighted by Crippen LogP contribution is 2.36. The minimum absolute atomic E-state index is 0.652. The van der Waals surface area contributed by atoms with Gasteiger partial charge in [-0.05, 0) is 24.3 Å². The van der Waals surface area contributed by atoms with E-state index in [2.05, 4.69) is 10.2 Å². The van der Waals surface area contributed by atoms with Crippen molar-refractivity contribution < 1.29 is 4.74 Å². The lowest BCUT2D eigenvalue weighted by molar-refractivity contribution is 0.484. The maximum absolute atomic E-state index is 5.93. The predicted molar refractivity (Wildman–Crippen MR) is 84.5 cm³/mol. The van der Waals surface area contributed by atoms with Crippen molar-refractivity contribution in [3.8, 4) is 22.1 Å². The number of ether oxygens (including phenoxy) is 1. The summed E-state index contributed by atoms with van der Waals surface area (Å²) in [5.74, 6) is 7.20. The van der Waals surface area contributed by atoms with E-state index >= 15 is 0 Å². The Morgan fingerprint density at radius 3 is 2.43 bits per heavy atom. The minimum Gasteiger partial charge on any atom is -0.457 e. The van der Waals surface area contributed by atoms with Crippen molar-refractivity contribution in [1.82, 2.24) is 10.2 Å². The van der Waals surface area contributed by atoms with Gasteiger partial charge in [-0.2, -0.15) is 0 Å². The molecular weight excluding hydrogens is 284 g/mol. The van der Waals surface area contributed by atoms with E-state index in [1.165, 1.54) is 16.3 Å². The number of hydrogen-bond donors (Lipinski definition) is 1. The number of nitrogens with zero attached hydrogens (tertiary/aromatic N) is 3. The van der Waals surface area contributed by atoms with Crippen LogP contribution in [0.25, 0.3) is 10.6 Å². The highest BCUT2D eigenvalue weighted by molar-refractivity contribution is 7.18. The van der Waals surface area contributed by atoms with Crippen LogP contribution in [-0.4, -0.2) is 17.2 Å². The van der Waals surface area contributed by atoms with Crippen molar-refractivity contribution in [3.05, 3.63) is 54.6 Å². The second-order valence-corrected chi connectivity index (χ2v) is 5.37. The van der Waals surface area contributed by atoms with Crippen LogP contribution in [0.15, 0.2) is 54.6 Å². The number of nitrogens with two attached hydrogens (primary N) is 1. The molecule has 0 amide bonds.